The Bertz CT molecular complexity index is 550. The lowest BCUT2D eigenvalue weighted by molar-refractivity contribution is -0.126. The topological polar surface area (TPSA) is 83.6 Å². The first kappa shape index (κ1) is 17.1. The standard InChI is InChI=1S/C16H24N4O3/c1-12-11-17-7-6-13(12)18-8-9-19-15(21)14-5-3-4-10-20(14)16(22)23-2/h6-7,11,14H,3-5,8-10H2,1-2H3,(H,17,18)(H,19,21)/t14-/m1/s1. The highest BCUT2D eigenvalue weighted by atomic mass is 16.5. The van der Waals surface area contributed by atoms with Gasteiger partial charge in [0.1, 0.15) is 6.04 Å². The van der Waals surface area contributed by atoms with Crippen molar-refractivity contribution in [2.24, 2.45) is 0 Å². The number of nitrogens with zero attached hydrogens (tertiary/aromatic N) is 2. The Hall–Kier alpha value is -2.31. The predicted molar refractivity (Wildman–Crippen MR) is 87.2 cm³/mol. The Morgan fingerprint density at radius 1 is 1.39 bits per heavy atom. The van der Waals surface area contributed by atoms with Gasteiger partial charge in [0.25, 0.3) is 0 Å². The van der Waals surface area contributed by atoms with Crippen molar-refractivity contribution in [3.63, 3.8) is 0 Å². The summed E-state index contributed by atoms with van der Waals surface area (Å²) in [7, 11) is 1.34. The fraction of sp³-hybridized carbons (Fsp3) is 0.562. The van der Waals surface area contributed by atoms with Gasteiger partial charge in [-0.2, -0.15) is 0 Å². The maximum absolute atomic E-state index is 12.3. The molecule has 1 atom stereocenters. The molecule has 1 aliphatic heterocycles. The second-order valence-electron chi connectivity index (χ2n) is 5.58. The largest absolute Gasteiger partial charge is 0.453 e. The molecule has 0 unspecified atom stereocenters. The van der Waals surface area contributed by atoms with Crippen molar-refractivity contribution >= 4 is 17.7 Å². The smallest absolute Gasteiger partial charge is 0.410 e. The van der Waals surface area contributed by atoms with Gasteiger partial charge >= 0.3 is 6.09 Å². The number of hydrogen-bond donors (Lipinski definition) is 2. The van der Waals surface area contributed by atoms with E-state index in [1.54, 1.807) is 12.4 Å². The molecule has 1 aromatic heterocycles. The van der Waals surface area contributed by atoms with Crippen molar-refractivity contribution in [2.75, 3.05) is 32.1 Å². The van der Waals surface area contributed by atoms with Gasteiger partial charge in [-0.25, -0.2) is 4.79 Å². The molecule has 2 N–H and O–H groups in total. The summed E-state index contributed by atoms with van der Waals surface area (Å²) in [5, 5.41) is 6.14. The van der Waals surface area contributed by atoms with Crippen LogP contribution >= 0.6 is 0 Å². The van der Waals surface area contributed by atoms with Crippen molar-refractivity contribution in [2.45, 2.75) is 32.2 Å². The Labute approximate surface area is 136 Å². The molecule has 0 spiro atoms. The minimum Gasteiger partial charge on any atom is -0.453 e. The molecule has 1 fully saturated rings. The van der Waals surface area contributed by atoms with Gasteiger partial charge in [0.15, 0.2) is 0 Å². The number of pyridine rings is 1. The number of amides is 2. The van der Waals surface area contributed by atoms with Gasteiger partial charge in [0.05, 0.1) is 7.11 Å². The summed E-state index contributed by atoms with van der Waals surface area (Å²) in [6.07, 6.45) is 5.61. The van der Waals surface area contributed by atoms with Gasteiger partial charge in [-0.05, 0) is 37.8 Å². The maximum Gasteiger partial charge on any atom is 0.410 e. The van der Waals surface area contributed by atoms with E-state index >= 15 is 0 Å². The number of rotatable bonds is 5. The average Bonchev–Trinajstić information content (AvgIpc) is 2.59. The molecule has 0 radical (unpaired) electrons. The van der Waals surface area contributed by atoms with Crippen molar-refractivity contribution in [1.29, 1.82) is 0 Å². The number of carbonyl (C=O) groups is 2. The number of carbonyl (C=O) groups excluding carboxylic acids is 2. The van der Waals surface area contributed by atoms with Crippen molar-refractivity contribution < 1.29 is 14.3 Å². The summed E-state index contributed by atoms with van der Waals surface area (Å²) in [5.41, 5.74) is 2.06. The average molecular weight is 320 g/mol. The zero-order valence-electron chi connectivity index (χ0n) is 13.7. The van der Waals surface area contributed by atoms with Gasteiger partial charge < -0.3 is 15.4 Å². The molecule has 1 aromatic rings. The normalized spacial score (nSPS) is 17.5. The first-order valence-electron chi connectivity index (χ1n) is 7.90. The highest BCUT2D eigenvalue weighted by Gasteiger charge is 2.32. The van der Waals surface area contributed by atoms with Crippen LogP contribution < -0.4 is 10.6 Å². The van der Waals surface area contributed by atoms with E-state index in [4.69, 9.17) is 4.74 Å². The number of piperidine rings is 1. The quantitative estimate of drug-likeness (QED) is 0.804. The lowest BCUT2D eigenvalue weighted by Crippen LogP contribution is -2.52. The molecule has 126 valence electrons. The summed E-state index contributed by atoms with van der Waals surface area (Å²) < 4.78 is 4.76. The van der Waals surface area contributed by atoms with E-state index in [9.17, 15) is 9.59 Å². The SMILES string of the molecule is COC(=O)N1CCCC[C@@H]1C(=O)NCCNc1ccncc1C. The third kappa shape index (κ3) is 4.58. The van der Waals surface area contributed by atoms with Crippen LogP contribution in [0.1, 0.15) is 24.8 Å². The molecule has 0 saturated carbocycles. The summed E-state index contributed by atoms with van der Waals surface area (Å²) in [5.74, 6) is -0.122. The lowest BCUT2D eigenvalue weighted by Gasteiger charge is -2.33. The highest BCUT2D eigenvalue weighted by Crippen LogP contribution is 2.18. The summed E-state index contributed by atoms with van der Waals surface area (Å²) in [6.45, 7) is 3.65. The van der Waals surface area contributed by atoms with E-state index in [2.05, 4.69) is 15.6 Å². The second-order valence-corrected chi connectivity index (χ2v) is 5.58. The van der Waals surface area contributed by atoms with Crippen LogP contribution in [0, 0.1) is 6.92 Å². The third-order valence-electron chi connectivity index (χ3n) is 3.97. The Morgan fingerprint density at radius 2 is 2.22 bits per heavy atom. The van der Waals surface area contributed by atoms with Gasteiger partial charge in [0, 0.05) is 37.7 Å². The number of likely N-dealkylation sites (tertiary alicyclic amines) is 1. The van der Waals surface area contributed by atoms with E-state index in [-0.39, 0.29) is 5.91 Å². The Kier molecular flexibility index (Phi) is 6.19. The Morgan fingerprint density at radius 3 is 2.96 bits per heavy atom. The Balaban J connectivity index is 1.79. The first-order valence-corrected chi connectivity index (χ1v) is 7.90. The minimum absolute atomic E-state index is 0.122. The van der Waals surface area contributed by atoms with Crippen LogP contribution in [0.2, 0.25) is 0 Å². The van der Waals surface area contributed by atoms with Crippen molar-refractivity contribution in [3.8, 4) is 0 Å². The highest BCUT2D eigenvalue weighted by molar-refractivity contribution is 5.85. The van der Waals surface area contributed by atoms with Crippen molar-refractivity contribution in [3.05, 3.63) is 24.0 Å². The number of methoxy groups -OCH3 is 1. The third-order valence-corrected chi connectivity index (χ3v) is 3.97. The van der Waals surface area contributed by atoms with Crippen LogP contribution in [0.4, 0.5) is 10.5 Å². The molecule has 0 aliphatic carbocycles. The number of anilines is 1. The molecule has 1 aliphatic rings. The lowest BCUT2D eigenvalue weighted by atomic mass is 10.0. The number of aromatic nitrogens is 1. The van der Waals surface area contributed by atoms with Crippen LogP contribution in [0.15, 0.2) is 18.5 Å². The fourth-order valence-corrected chi connectivity index (χ4v) is 2.71. The maximum atomic E-state index is 12.3. The number of aryl methyl sites for hydroxylation is 1. The van der Waals surface area contributed by atoms with E-state index in [0.29, 0.717) is 26.1 Å². The van der Waals surface area contributed by atoms with Gasteiger partial charge in [-0.15, -0.1) is 0 Å². The van der Waals surface area contributed by atoms with Gasteiger partial charge in [0.2, 0.25) is 5.91 Å². The summed E-state index contributed by atoms with van der Waals surface area (Å²) in [6, 6.07) is 1.47. The monoisotopic (exact) mass is 320 g/mol. The number of ether oxygens (including phenoxy) is 1. The van der Waals surface area contributed by atoms with Gasteiger partial charge in [-0.3, -0.25) is 14.7 Å². The molecule has 2 rings (SSSR count). The minimum atomic E-state index is -0.435. The predicted octanol–water partition coefficient (Wildman–Crippen LogP) is 1.54. The van der Waals surface area contributed by atoms with E-state index in [1.165, 1.54) is 12.0 Å². The van der Waals surface area contributed by atoms with E-state index < -0.39 is 12.1 Å². The molecule has 0 bridgehead atoms. The zero-order valence-corrected chi connectivity index (χ0v) is 13.7. The first-order chi connectivity index (χ1) is 11.1. The molecule has 23 heavy (non-hydrogen) atoms. The van der Waals surface area contributed by atoms with Crippen LogP contribution in [-0.4, -0.2) is 54.7 Å². The number of nitrogens with one attached hydrogen (secondary N) is 2. The van der Waals surface area contributed by atoms with Gasteiger partial charge in [-0.1, -0.05) is 0 Å². The van der Waals surface area contributed by atoms with Crippen molar-refractivity contribution in [1.82, 2.24) is 15.2 Å². The van der Waals surface area contributed by atoms with Crippen LogP contribution in [-0.2, 0) is 9.53 Å². The molecule has 2 heterocycles. The van der Waals surface area contributed by atoms with E-state index in [0.717, 1.165) is 24.1 Å². The summed E-state index contributed by atoms with van der Waals surface area (Å²) in [4.78, 5) is 29.6. The van der Waals surface area contributed by atoms with E-state index in [1.807, 2.05) is 13.0 Å². The van der Waals surface area contributed by atoms with Crippen LogP contribution in [0.5, 0.6) is 0 Å². The number of hydrogen-bond acceptors (Lipinski definition) is 5. The molecule has 7 nitrogen and oxygen atoms in total. The molecule has 2 amide bonds. The second kappa shape index (κ2) is 8.36. The summed E-state index contributed by atoms with van der Waals surface area (Å²) >= 11 is 0. The molecule has 7 heteroatoms. The zero-order chi connectivity index (χ0) is 16.7. The molecular weight excluding hydrogens is 296 g/mol. The molecular formula is C16H24N4O3. The molecule has 1 saturated heterocycles. The fourth-order valence-electron chi connectivity index (χ4n) is 2.71. The van der Waals surface area contributed by atoms with Crippen LogP contribution in [0.25, 0.3) is 0 Å². The van der Waals surface area contributed by atoms with Crippen LogP contribution in [0.3, 0.4) is 0 Å². The molecule has 0 aromatic carbocycles.